The zero-order valence-corrected chi connectivity index (χ0v) is 17.7. The molecule has 0 unspecified atom stereocenters. The Balaban J connectivity index is 1.58. The molecule has 2 aliphatic heterocycles. The van der Waals surface area contributed by atoms with Gasteiger partial charge in [-0.3, -0.25) is 0 Å². The van der Waals surface area contributed by atoms with Crippen LogP contribution in [-0.4, -0.2) is 70.8 Å². The predicted molar refractivity (Wildman–Crippen MR) is 113 cm³/mol. The maximum atomic E-state index is 10.4. The third-order valence-corrected chi connectivity index (χ3v) is 6.19. The summed E-state index contributed by atoms with van der Waals surface area (Å²) in [4.78, 5) is 0. The highest BCUT2D eigenvalue weighted by Crippen LogP contribution is 2.35. The molecule has 2 heterocycles. The normalized spacial score (nSPS) is 31.0. The summed E-state index contributed by atoms with van der Waals surface area (Å²) >= 11 is 6.46. The minimum absolute atomic E-state index is 0.0251. The number of halogens is 1. The number of aliphatic hydroxyl groups is 4. The summed E-state index contributed by atoms with van der Waals surface area (Å²) in [6.07, 6.45) is -4.68. The van der Waals surface area contributed by atoms with Crippen molar-refractivity contribution in [2.24, 2.45) is 0 Å². The van der Waals surface area contributed by atoms with E-state index in [9.17, 15) is 20.4 Å². The average Bonchev–Trinajstić information content (AvgIpc) is 3.28. The van der Waals surface area contributed by atoms with E-state index in [0.29, 0.717) is 30.2 Å². The molecule has 4 rings (SSSR count). The first-order valence-corrected chi connectivity index (χ1v) is 10.8. The van der Waals surface area contributed by atoms with Crippen LogP contribution in [0.2, 0.25) is 5.02 Å². The molecule has 0 saturated carbocycles. The monoisotopic (exact) mass is 450 g/mol. The molecule has 2 aromatic rings. The minimum atomic E-state index is -1.43. The van der Waals surface area contributed by atoms with E-state index in [-0.39, 0.29) is 6.10 Å². The summed E-state index contributed by atoms with van der Waals surface area (Å²) in [6, 6.07) is 13.0. The van der Waals surface area contributed by atoms with Crippen molar-refractivity contribution in [3.8, 4) is 5.75 Å². The van der Waals surface area contributed by atoms with Crippen LogP contribution in [0.25, 0.3) is 0 Å². The Kier molecular flexibility index (Phi) is 7.13. The van der Waals surface area contributed by atoms with Crippen molar-refractivity contribution < 1.29 is 34.6 Å². The van der Waals surface area contributed by atoms with E-state index in [2.05, 4.69) is 0 Å². The number of para-hydroxylation sites is 1. The Labute approximate surface area is 185 Å². The van der Waals surface area contributed by atoms with Gasteiger partial charge in [0.15, 0.2) is 0 Å². The third-order valence-electron chi connectivity index (χ3n) is 5.83. The molecule has 8 heteroatoms. The second-order valence-corrected chi connectivity index (χ2v) is 8.40. The molecular weight excluding hydrogens is 424 g/mol. The Morgan fingerprint density at radius 2 is 1.81 bits per heavy atom. The second kappa shape index (κ2) is 9.83. The molecule has 2 aromatic carbocycles. The lowest BCUT2D eigenvalue weighted by Crippen LogP contribution is -2.55. The van der Waals surface area contributed by atoms with Gasteiger partial charge in [-0.15, -0.1) is 0 Å². The molecule has 168 valence electrons. The summed E-state index contributed by atoms with van der Waals surface area (Å²) in [5, 5.41) is 40.6. The van der Waals surface area contributed by atoms with Gasteiger partial charge in [-0.1, -0.05) is 41.9 Å². The zero-order chi connectivity index (χ0) is 22.0. The highest BCUT2D eigenvalue weighted by atomic mass is 35.5. The molecule has 0 bridgehead atoms. The zero-order valence-electron chi connectivity index (χ0n) is 16.9. The van der Waals surface area contributed by atoms with Crippen LogP contribution >= 0.6 is 11.6 Å². The molecular formula is C23H27ClO7. The predicted octanol–water partition coefficient (Wildman–Crippen LogP) is 1.61. The highest BCUT2D eigenvalue weighted by Gasteiger charge is 2.44. The summed E-state index contributed by atoms with van der Waals surface area (Å²) < 4.78 is 17.2. The summed E-state index contributed by atoms with van der Waals surface area (Å²) in [5.74, 6) is 0.771. The number of hydrogen-bond donors (Lipinski definition) is 4. The van der Waals surface area contributed by atoms with Gasteiger partial charge in [-0.25, -0.2) is 0 Å². The van der Waals surface area contributed by atoms with Crippen LogP contribution in [0.3, 0.4) is 0 Å². The van der Waals surface area contributed by atoms with Crippen LogP contribution in [0.15, 0.2) is 42.5 Å². The molecule has 6 atom stereocenters. The third kappa shape index (κ3) is 4.88. The first kappa shape index (κ1) is 22.5. The van der Waals surface area contributed by atoms with Crippen molar-refractivity contribution in [3.63, 3.8) is 0 Å². The van der Waals surface area contributed by atoms with Crippen molar-refractivity contribution in [2.75, 3.05) is 19.8 Å². The Hall–Kier alpha value is -1.71. The molecule has 7 nitrogen and oxygen atoms in total. The minimum Gasteiger partial charge on any atom is -0.488 e. The largest absolute Gasteiger partial charge is 0.488 e. The van der Waals surface area contributed by atoms with Crippen molar-refractivity contribution in [2.45, 2.75) is 49.5 Å². The highest BCUT2D eigenvalue weighted by molar-refractivity contribution is 6.31. The summed E-state index contributed by atoms with van der Waals surface area (Å²) in [7, 11) is 0. The smallest absolute Gasteiger partial charge is 0.124 e. The van der Waals surface area contributed by atoms with Crippen molar-refractivity contribution in [1.29, 1.82) is 0 Å². The molecule has 31 heavy (non-hydrogen) atoms. The first-order chi connectivity index (χ1) is 15.0. The first-order valence-electron chi connectivity index (χ1n) is 10.4. The van der Waals surface area contributed by atoms with Gasteiger partial charge in [0.2, 0.25) is 0 Å². The standard InChI is InChI=1S/C23H27ClO7/c24-17-6-5-14(23-22(28)21(27)20(26)19(11-25)31-23)10-15(17)9-13-3-1-2-4-18(13)30-16-7-8-29-12-16/h1-6,10,16,19-23,25-28H,7-9,11-12H2/t16-,19-,20-,21+,22-,23-/m1/s1. The van der Waals surface area contributed by atoms with Gasteiger partial charge in [0.05, 0.1) is 19.8 Å². The molecule has 0 amide bonds. The molecule has 2 saturated heterocycles. The van der Waals surface area contributed by atoms with Gasteiger partial charge in [0.25, 0.3) is 0 Å². The van der Waals surface area contributed by atoms with Crippen molar-refractivity contribution in [1.82, 2.24) is 0 Å². The lowest BCUT2D eigenvalue weighted by molar-refractivity contribution is -0.231. The summed E-state index contributed by atoms with van der Waals surface area (Å²) in [5.41, 5.74) is 2.36. The van der Waals surface area contributed by atoms with Gasteiger partial charge in [0.1, 0.15) is 42.4 Å². The Bertz CT molecular complexity index is 884. The fourth-order valence-electron chi connectivity index (χ4n) is 4.04. The number of aliphatic hydroxyl groups excluding tert-OH is 4. The van der Waals surface area contributed by atoms with Gasteiger partial charge in [-0.2, -0.15) is 0 Å². The lowest BCUT2D eigenvalue weighted by atomic mass is 9.90. The van der Waals surface area contributed by atoms with Crippen LogP contribution in [0.5, 0.6) is 5.75 Å². The van der Waals surface area contributed by atoms with Crippen LogP contribution in [0, 0.1) is 0 Å². The fraction of sp³-hybridized carbons (Fsp3) is 0.478. The molecule has 0 aromatic heterocycles. The molecule has 0 radical (unpaired) electrons. The molecule has 2 aliphatic rings. The van der Waals surface area contributed by atoms with E-state index in [0.717, 1.165) is 23.3 Å². The SMILES string of the molecule is OC[C@H]1O[C@H](c2ccc(Cl)c(Cc3ccccc3O[C@@H]3CCOC3)c2)[C@H](O)[C@@H](O)[C@@H]1O. The van der Waals surface area contributed by atoms with E-state index >= 15 is 0 Å². The number of rotatable bonds is 6. The van der Waals surface area contributed by atoms with Gasteiger partial charge in [-0.05, 0) is 28.8 Å². The van der Waals surface area contributed by atoms with E-state index in [1.54, 1.807) is 12.1 Å². The van der Waals surface area contributed by atoms with Crippen LogP contribution in [0.1, 0.15) is 29.2 Å². The summed E-state index contributed by atoms with van der Waals surface area (Å²) in [6.45, 7) is 0.791. The molecule has 4 N–H and O–H groups in total. The second-order valence-electron chi connectivity index (χ2n) is 7.99. The van der Waals surface area contributed by atoms with Gasteiger partial charge >= 0.3 is 0 Å². The van der Waals surface area contributed by atoms with Crippen LogP contribution in [-0.2, 0) is 15.9 Å². The van der Waals surface area contributed by atoms with Crippen LogP contribution < -0.4 is 4.74 Å². The lowest BCUT2D eigenvalue weighted by Gasteiger charge is -2.40. The van der Waals surface area contributed by atoms with Gasteiger partial charge in [0, 0.05) is 17.9 Å². The van der Waals surface area contributed by atoms with E-state index in [1.807, 2.05) is 30.3 Å². The Morgan fingerprint density at radius 1 is 1.00 bits per heavy atom. The van der Waals surface area contributed by atoms with Crippen LogP contribution in [0.4, 0.5) is 0 Å². The maximum Gasteiger partial charge on any atom is 0.124 e. The van der Waals surface area contributed by atoms with Crippen molar-refractivity contribution in [3.05, 3.63) is 64.2 Å². The van der Waals surface area contributed by atoms with Gasteiger partial charge < -0.3 is 34.6 Å². The quantitative estimate of drug-likeness (QED) is 0.529. The topological polar surface area (TPSA) is 109 Å². The number of ether oxygens (including phenoxy) is 3. The Morgan fingerprint density at radius 3 is 2.55 bits per heavy atom. The van der Waals surface area contributed by atoms with E-state index in [4.69, 9.17) is 25.8 Å². The van der Waals surface area contributed by atoms with Crippen molar-refractivity contribution >= 4 is 11.6 Å². The maximum absolute atomic E-state index is 10.4. The molecule has 0 aliphatic carbocycles. The molecule has 2 fully saturated rings. The van der Waals surface area contributed by atoms with E-state index < -0.39 is 37.1 Å². The van der Waals surface area contributed by atoms with E-state index in [1.165, 1.54) is 0 Å². The molecule has 0 spiro atoms. The average molecular weight is 451 g/mol. The number of benzene rings is 2. The number of hydrogen-bond acceptors (Lipinski definition) is 7. The fourth-order valence-corrected chi connectivity index (χ4v) is 4.22.